The Hall–Kier alpha value is -1.94. The topological polar surface area (TPSA) is 64.3 Å². The zero-order valence-corrected chi connectivity index (χ0v) is 12.4. The molecule has 0 aromatic carbocycles. The standard InChI is InChI=1S/C12H8F3N3O2S2/c13-12(14,15)10-8(4-6-21-10)7-22(19,20)11-17-16-9-3-1-2-5-18(9)11/h1-6H,7H2. The van der Waals surface area contributed by atoms with Gasteiger partial charge >= 0.3 is 6.18 Å². The number of hydrogen-bond acceptors (Lipinski definition) is 5. The van der Waals surface area contributed by atoms with Crippen molar-refractivity contribution >= 4 is 26.8 Å². The number of rotatable bonds is 3. The molecular formula is C12H8F3N3O2S2. The lowest BCUT2D eigenvalue weighted by atomic mass is 10.3. The van der Waals surface area contributed by atoms with E-state index in [-0.39, 0.29) is 10.7 Å². The van der Waals surface area contributed by atoms with Crippen molar-refractivity contribution in [2.24, 2.45) is 0 Å². The Kier molecular flexibility index (Phi) is 3.44. The fourth-order valence-corrected chi connectivity index (χ4v) is 4.28. The molecule has 3 aromatic heterocycles. The first-order valence-electron chi connectivity index (χ1n) is 5.95. The molecule has 3 rings (SSSR count). The van der Waals surface area contributed by atoms with E-state index in [1.165, 1.54) is 16.0 Å². The number of sulfone groups is 1. The largest absolute Gasteiger partial charge is 0.425 e. The molecule has 0 amide bonds. The molecule has 0 bridgehead atoms. The number of alkyl halides is 3. The molecule has 116 valence electrons. The minimum atomic E-state index is -4.58. The lowest BCUT2D eigenvalue weighted by Crippen LogP contribution is -2.12. The van der Waals surface area contributed by atoms with Crippen LogP contribution in [0.1, 0.15) is 10.4 Å². The van der Waals surface area contributed by atoms with Crippen molar-refractivity contribution in [1.82, 2.24) is 14.6 Å². The van der Waals surface area contributed by atoms with E-state index in [2.05, 4.69) is 10.2 Å². The van der Waals surface area contributed by atoms with Crippen molar-refractivity contribution in [3.05, 3.63) is 46.3 Å². The SMILES string of the molecule is O=S(=O)(Cc1ccsc1C(F)(F)F)c1nnc2ccccn12. The Balaban J connectivity index is 2.04. The highest BCUT2D eigenvalue weighted by molar-refractivity contribution is 7.90. The Morgan fingerprint density at radius 3 is 2.68 bits per heavy atom. The summed E-state index contributed by atoms with van der Waals surface area (Å²) in [4.78, 5) is -0.912. The van der Waals surface area contributed by atoms with Gasteiger partial charge in [0.15, 0.2) is 5.65 Å². The van der Waals surface area contributed by atoms with Gasteiger partial charge < -0.3 is 0 Å². The van der Waals surface area contributed by atoms with Gasteiger partial charge in [-0.25, -0.2) is 8.42 Å². The first kappa shape index (κ1) is 15.0. The van der Waals surface area contributed by atoms with Crippen LogP contribution in [0.15, 0.2) is 41.0 Å². The average molecular weight is 347 g/mol. The molecule has 0 saturated carbocycles. The highest BCUT2D eigenvalue weighted by Gasteiger charge is 2.36. The van der Waals surface area contributed by atoms with Crippen molar-refractivity contribution in [1.29, 1.82) is 0 Å². The summed E-state index contributed by atoms with van der Waals surface area (Å²) in [7, 11) is -4.05. The normalized spacial score (nSPS) is 12.9. The molecule has 0 aliphatic carbocycles. The first-order chi connectivity index (χ1) is 10.3. The number of hydrogen-bond donors (Lipinski definition) is 0. The van der Waals surface area contributed by atoms with Gasteiger partial charge in [0.25, 0.3) is 5.16 Å². The average Bonchev–Trinajstić information content (AvgIpc) is 3.03. The Morgan fingerprint density at radius 2 is 1.95 bits per heavy atom. The third-order valence-corrected chi connectivity index (χ3v) is 5.44. The number of thiophene rings is 1. The Bertz CT molecular complexity index is 928. The fraction of sp³-hybridized carbons (Fsp3) is 0.167. The summed E-state index contributed by atoms with van der Waals surface area (Å²) in [6.07, 6.45) is -3.13. The second kappa shape index (κ2) is 5.06. The van der Waals surface area contributed by atoms with Gasteiger partial charge in [-0.05, 0) is 29.1 Å². The van der Waals surface area contributed by atoms with E-state index in [0.717, 1.165) is 6.07 Å². The van der Waals surface area contributed by atoms with E-state index < -0.39 is 26.6 Å². The van der Waals surface area contributed by atoms with Gasteiger partial charge in [-0.3, -0.25) is 4.40 Å². The van der Waals surface area contributed by atoms with Crippen LogP contribution in [0.25, 0.3) is 5.65 Å². The van der Waals surface area contributed by atoms with E-state index in [4.69, 9.17) is 0 Å². The van der Waals surface area contributed by atoms with E-state index in [0.29, 0.717) is 17.0 Å². The minimum absolute atomic E-state index is 0.287. The number of fused-ring (bicyclic) bond motifs is 1. The molecule has 0 saturated heterocycles. The molecule has 0 N–H and O–H groups in total. The maximum absolute atomic E-state index is 12.8. The van der Waals surface area contributed by atoms with Crippen LogP contribution < -0.4 is 0 Å². The highest BCUT2D eigenvalue weighted by Crippen LogP contribution is 2.37. The molecule has 0 atom stereocenters. The monoisotopic (exact) mass is 347 g/mol. The maximum Gasteiger partial charge on any atom is 0.425 e. The third-order valence-electron chi connectivity index (χ3n) is 2.91. The Labute approximate surface area is 127 Å². The summed E-state index contributed by atoms with van der Waals surface area (Å²) < 4.78 is 64.5. The van der Waals surface area contributed by atoms with Gasteiger partial charge in [0.05, 0.1) is 5.75 Å². The third kappa shape index (κ3) is 2.59. The van der Waals surface area contributed by atoms with Crippen LogP contribution in [0.5, 0.6) is 0 Å². The predicted octanol–water partition coefficient (Wildman–Crippen LogP) is 2.78. The van der Waals surface area contributed by atoms with Crippen LogP contribution in [0.2, 0.25) is 0 Å². The van der Waals surface area contributed by atoms with Gasteiger partial charge in [0.1, 0.15) is 4.88 Å². The molecule has 3 aromatic rings. The van der Waals surface area contributed by atoms with Crippen LogP contribution >= 0.6 is 11.3 Å². The molecule has 22 heavy (non-hydrogen) atoms. The molecule has 5 nitrogen and oxygen atoms in total. The predicted molar refractivity (Wildman–Crippen MR) is 73.2 cm³/mol. The maximum atomic E-state index is 12.8. The van der Waals surface area contributed by atoms with Gasteiger partial charge in [-0.2, -0.15) is 13.2 Å². The second-order valence-electron chi connectivity index (χ2n) is 4.44. The van der Waals surface area contributed by atoms with E-state index in [1.54, 1.807) is 18.2 Å². The zero-order valence-electron chi connectivity index (χ0n) is 10.8. The van der Waals surface area contributed by atoms with E-state index >= 15 is 0 Å². The molecular weight excluding hydrogens is 339 g/mol. The van der Waals surface area contributed by atoms with Gasteiger partial charge in [0, 0.05) is 6.20 Å². The molecule has 10 heteroatoms. The lowest BCUT2D eigenvalue weighted by Gasteiger charge is -2.07. The molecule has 0 unspecified atom stereocenters. The molecule has 0 aliphatic heterocycles. The lowest BCUT2D eigenvalue weighted by molar-refractivity contribution is -0.134. The Morgan fingerprint density at radius 1 is 1.18 bits per heavy atom. The van der Waals surface area contributed by atoms with E-state index in [9.17, 15) is 21.6 Å². The second-order valence-corrected chi connectivity index (χ2v) is 7.24. The van der Waals surface area contributed by atoms with E-state index in [1.807, 2.05) is 0 Å². The molecule has 3 heterocycles. The van der Waals surface area contributed by atoms with Crippen molar-refractivity contribution in [2.45, 2.75) is 17.1 Å². The number of aromatic nitrogens is 3. The quantitative estimate of drug-likeness (QED) is 0.731. The fourth-order valence-electron chi connectivity index (χ4n) is 2.00. The first-order valence-corrected chi connectivity index (χ1v) is 8.48. The summed E-state index contributed by atoms with van der Waals surface area (Å²) in [5.74, 6) is -0.777. The highest BCUT2D eigenvalue weighted by atomic mass is 32.2. The van der Waals surface area contributed by atoms with Crippen LogP contribution in [-0.4, -0.2) is 23.0 Å². The van der Waals surface area contributed by atoms with Crippen molar-refractivity contribution in [3.8, 4) is 0 Å². The smallest absolute Gasteiger partial charge is 0.273 e. The van der Waals surface area contributed by atoms with Gasteiger partial charge in [0.2, 0.25) is 9.84 Å². The van der Waals surface area contributed by atoms with Crippen LogP contribution in [0.4, 0.5) is 13.2 Å². The van der Waals surface area contributed by atoms with Gasteiger partial charge in [-0.1, -0.05) is 6.07 Å². The molecule has 0 spiro atoms. The summed E-state index contributed by atoms with van der Waals surface area (Å²) in [6.45, 7) is 0. The van der Waals surface area contributed by atoms with Gasteiger partial charge in [-0.15, -0.1) is 21.5 Å². The van der Waals surface area contributed by atoms with Crippen molar-refractivity contribution in [2.75, 3.05) is 0 Å². The summed E-state index contributed by atoms with van der Waals surface area (Å²) in [6, 6.07) is 5.95. The number of nitrogens with zero attached hydrogens (tertiary/aromatic N) is 3. The summed E-state index contributed by atoms with van der Waals surface area (Å²) in [5, 5.41) is 8.13. The van der Waals surface area contributed by atoms with Crippen molar-refractivity contribution in [3.63, 3.8) is 0 Å². The number of pyridine rings is 1. The molecule has 0 radical (unpaired) electrons. The van der Waals surface area contributed by atoms with Crippen LogP contribution in [-0.2, 0) is 21.8 Å². The minimum Gasteiger partial charge on any atom is -0.273 e. The van der Waals surface area contributed by atoms with Crippen molar-refractivity contribution < 1.29 is 21.6 Å². The molecule has 0 fully saturated rings. The summed E-state index contributed by atoms with van der Waals surface area (Å²) in [5.41, 5.74) is 0.0209. The summed E-state index contributed by atoms with van der Waals surface area (Å²) >= 11 is 0.466. The van der Waals surface area contributed by atoms with Crippen LogP contribution in [0, 0.1) is 0 Å². The molecule has 0 aliphatic rings. The zero-order chi connectivity index (χ0) is 16.0. The number of halogens is 3. The van der Waals surface area contributed by atoms with Crippen LogP contribution in [0.3, 0.4) is 0 Å².